The number of nitrogens with zero attached hydrogens (tertiary/aromatic N) is 2. The molecule has 1 aromatic rings. The van der Waals surface area contributed by atoms with E-state index in [1.54, 1.807) is 12.1 Å². The van der Waals surface area contributed by atoms with Gasteiger partial charge in [-0.2, -0.15) is 5.10 Å². The number of amides is 2. The molecule has 1 aliphatic heterocycles. The van der Waals surface area contributed by atoms with Gasteiger partial charge >= 0.3 is 12.1 Å². The minimum absolute atomic E-state index is 0.144. The number of hydrogen-bond donors (Lipinski definition) is 1. The number of hydrazone groups is 1. The number of methoxy groups -OCH3 is 1. The van der Waals surface area contributed by atoms with Gasteiger partial charge < -0.3 is 9.47 Å². The van der Waals surface area contributed by atoms with Gasteiger partial charge in [-0.05, 0) is 24.3 Å². The largest absolute Gasteiger partial charge is 0.453 e. The zero-order valence-electron chi connectivity index (χ0n) is 12.2. The predicted octanol–water partition coefficient (Wildman–Crippen LogP) is 1.38. The normalized spacial score (nSPS) is 14.2. The van der Waals surface area contributed by atoms with Gasteiger partial charge in [0.1, 0.15) is 11.5 Å². The fourth-order valence-corrected chi connectivity index (χ4v) is 1.76. The van der Waals surface area contributed by atoms with Gasteiger partial charge in [-0.1, -0.05) is 0 Å². The van der Waals surface area contributed by atoms with Crippen LogP contribution in [0.2, 0.25) is 0 Å². The fourth-order valence-electron chi connectivity index (χ4n) is 1.76. The molecule has 0 aromatic heterocycles. The monoisotopic (exact) mass is 305 g/mol. The van der Waals surface area contributed by atoms with Crippen LogP contribution in [0.4, 0.5) is 10.5 Å². The molecule has 2 rings (SSSR count). The molecule has 116 valence electrons. The summed E-state index contributed by atoms with van der Waals surface area (Å²) in [5.74, 6) is -0.439. The lowest BCUT2D eigenvalue weighted by atomic mass is 10.2. The molecule has 8 heteroatoms. The van der Waals surface area contributed by atoms with Gasteiger partial charge in [0.15, 0.2) is 0 Å². The molecule has 22 heavy (non-hydrogen) atoms. The summed E-state index contributed by atoms with van der Waals surface area (Å²) in [6.45, 7) is 0. The van der Waals surface area contributed by atoms with Crippen LogP contribution in [0.3, 0.4) is 0 Å². The van der Waals surface area contributed by atoms with Crippen LogP contribution in [-0.2, 0) is 14.3 Å². The van der Waals surface area contributed by atoms with E-state index in [1.165, 1.54) is 26.3 Å². The highest BCUT2D eigenvalue weighted by Gasteiger charge is 2.23. The minimum Gasteiger partial charge on any atom is -0.453 e. The molecule has 1 N–H and O–H groups in total. The highest BCUT2D eigenvalue weighted by atomic mass is 16.5. The number of anilines is 1. The maximum atomic E-state index is 11.9. The van der Waals surface area contributed by atoms with Gasteiger partial charge in [0, 0.05) is 25.6 Å². The smallest absolute Gasteiger partial charge is 0.411 e. The summed E-state index contributed by atoms with van der Waals surface area (Å²) in [5.41, 5.74) is 0.700. The molecule has 0 atom stereocenters. The minimum atomic E-state index is -0.604. The highest BCUT2D eigenvalue weighted by molar-refractivity contribution is 6.37. The van der Waals surface area contributed by atoms with Crippen LogP contribution >= 0.6 is 0 Å². The van der Waals surface area contributed by atoms with Crippen molar-refractivity contribution in [1.29, 1.82) is 0 Å². The van der Waals surface area contributed by atoms with Gasteiger partial charge in [0.2, 0.25) is 5.91 Å². The number of esters is 1. The Morgan fingerprint density at radius 3 is 2.50 bits per heavy atom. The van der Waals surface area contributed by atoms with Crippen LogP contribution in [0.15, 0.2) is 29.4 Å². The van der Waals surface area contributed by atoms with Crippen molar-refractivity contribution >= 4 is 29.4 Å². The van der Waals surface area contributed by atoms with E-state index < -0.39 is 12.1 Å². The molecular formula is C14H15N3O5. The molecule has 1 heterocycles. The molecule has 0 bridgehead atoms. The Hall–Kier alpha value is -2.90. The molecule has 0 saturated carbocycles. The van der Waals surface area contributed by atoms with Gasteiger partial charge in [-0.25, -0.2) is 14.6 Å². The number of ether oxygens (including phenoxy) is 2. The number of benzene rings is 1. The summed E-state index contributed by atoms with van der Waals surface area (Å²) in [4.78, 5) is 34.3. The van der Waals surface area contributed by atoms with E-state index >= 15 is 0 Å². The van der Waals surface area contributed by atoms with Crippen molar-refractivity contribution < 1.29 is 23.9 Å². The van der Waals surface area contributed by atoms with E-state index in [0.717, 1.165) is 5.01 Å². The first-order chi connectivity index (χ1) is 10.5. The molecule has 0 radical (unpaired) electrons. The highest BCUT2D eigenvalue weighted by Crippen LogP contribution is 2.17. The molecule has 0 unspecified atom stereocenters. The van der Waals surface area contributed by atoms with E-state index in [1.807, 2.05) is 0 Å². The van der Waals surface area contributed by atoms with Gasteiger partial charge in [0.25, 0.3) is 0 Å². The van der Waals surface area contributed by atoms with Gasteiger partial charge in [-0.3, -0.25) is 10.1 Å². The van der Waals surface area contributed by atoms with E-state index in [-0.39, 0.29) is 24.5 Å². The van der Waals surface area contributed by atoms with Crippen molar-refractivity contribution in [2.24, 2.45) is 5.10 Å². The van der Waals surface area contributed by atoms with Gasteiger partial charge in [0.05, 0.1) is 7.11 Å². The van der Waals surface area contributed by atoms with Crippen molar-refractivity contribution in [2.45, 2.75) is 12.8 Å². The van der Waals surface area contributed by atoms with E-state index in [9.17, 15) is 14.4 Å². The number of rotatable bonds is 3. The van der Waals surface area contributed by atoms with Gasteiger partial charge in [-0.15, -0.1) is 0 Å². The van der Waals surface area contributed by atoms with Crippen LogP contribution in [0, 0.1) is 0 Å². The van der Waals surface area contributed by atoms with Crippen LogP contribution in [0.25, 0.3) is 0 Å². The third kappa shape index (κ3) is 3.81. The topological polar surface area (TPSA) is 97.3 Å². The zero-order valence-corrected chi connectivity index (χ0v) is 12.2. The number of nitrogens with one attached hydrogen (secondary N) is 1. The zero-order chi connectivity index (χ0) is 16.1. The first-order valence-corrected chi connectivity index (χ1v) is 6.51. The Balaban J connectivity index is 1.99. The number of carbonyl (C=O) groups is 3. The lowest BCUT2D eigenvalue weighted by Gasteiger charge is -2.18. The third-order valence-corrected chi connectivity index (χ3v) is 2.94. The van der Waals surface area contributed by atoms with Crippen molar-refractivity contribution in [3.8, 4) is 5.75 Å². The number of hydrogen-bond acceptors (Lipinski definition) is 6. The Morgan fingerprint density at radius 1 is 1.23 bits per heavy atom. The first-order valence-electron chi connectivity index (χ1n) is 6.51. The summed E-state index contributed by atoms with van der Waals surface area (Å²) < 4.78 is 9.64. The van der Waals surface area contributed by atoms with E-state index in [2.05, 4.69) is 15.2 Å². The van der Waals surface area contributed by atoms with Crippen molar-refractivity contribution in [3.63, 3.8) is 0 Å². The fraction of sp³-hybridized carbons (Fsp3) is 0.286. The Morgan fingerprint density at radius 2 is 1.91 bits per heavy atom. The maximum Gasteiger partial charge on any atom is 0.411 e. The molecule has 0 spiro atoms. The second-order valence-corrected chi connectivity index (χ2v) is 4.49. The molecule has 2 amide bonds. The summed E-state index contributed by atoms with van der Waals surface area (Å²) in [5, 5.41) is 7.48. The molecule has 1 aromatic carbocycles. The van der Waals surface area contributed by atoms with Crippen LogP contribution in [0.1, 0.15) is 12.8 Å². The Bertz CT molecular complexity index is 624. The number of carbonyl (C=O) groups excluding carboxylic acids is 3. The van der Waals surface area contributed by atoms with E-state index in [4.69, 9.17) is 4.74 Å². The average molecular weight is 305 g/mol. The van der Waals surface area contributed by atoms with Crippen molar-refractivity contribution in [1.82, 2.24) is 5.01 Å². The van der Waals surface area contributed by atoms with Crippen molar-refractivity contribution in [3.05, 3.63) is 24.3 Å². The standard InChI is InChI=1S/C14H15N3O5/c1-17-12(18)8-7-11(16-17)13(19)22-10-5-3-9(4-6-10)15-14(20)21-2/h3-6H,7-8H2,1-2H3,(H,15,20). The van der Waals surface area contributed by atoms with Crippen molar-refractivity contribution in [2.75, 3.05) is 19.5 Å². The molecular weight excluding hydrogens is 290 g/mol. The summed E-state index contributed by atoms with van der Waals surface area (Å²) >= 11 is 0. The van der Waals surface area contributed by atoms with Crippen LogP contribution in [0.5, 0.6) is 5.75 Å². The average Bonchev–Trinajstić information content (AvgIpc) is 2.51. The van der Waals surface area contributed by atoms with E-state index in [0.29, 0.717) is 11.4 Å². The molecule has 8 nitrogen and oxygen atoms in total. The lowest BCUT2D eigenvalue weighted by Crippen LogP contribution is -2.33. The second-order valence-electron chi connectivity index (χ2n) is 4.49. The molecule has 0 aliphatic carbocycles. The summed E-state index contributed by atoms with van der Waals surface area (Å²) in [6, 6.07) is 6.19. The summed E-state index contributed by atoms with van der Waals surface area (Å²) in [6.07, 6.45) is -0.106. The molecule has 0 fully saturated rings. The van der Waals surface area contributed by atoms with Crippen LogP contribution in [-0.4, -0.2) is 42.8 Å². The predicted molar refractivity (Wildman–Crippen MR) is 77.5 cm³/mol. The van der Waals surface area contributed by atoms with Crippen LogP contribution < -0.4 is 10.1 Å². The quantitative estimate of drug-likeness (QED) is 0.672. The Kier molecular flexibility index (Phi) is 4.72. The first kappa shape index (κ1) is 15.5. The third-order valence-electron chi connectivity index (χ3n) is 2.94. The lowest BCUT2D eigenvalue weighted by molar-refractivity contribution is -0.131. The Labute approximate surface area is 126 Å². The SMILES string of the molecule is COC(=O)Nc1ccc(OC(=O)C2=NN(C)C(=O)CC2)cc1. The molecule has 1 aliphatic rings. The summed E-state index contributed by atoms with van der Waals surface area (Å²) in [7, 11) is 2.75. The second kappa shape index (κ2) is 6.70. The maximum absolute atomic E-state index is 11.9. The molecule has 0 saturated heterocycles.